The first-order chi connectivity index (χ1) is 15.3. The zero-order valence-electron chi connectivity index (χ0n) is 18.9. The quantitative estimate of drug-likeness (QED) is 0.337. The summed E-state index contributed by atoms with van der Waals surface area (Å²) in [4.78, 5) is 39.5. The molecule has 2 heterocycles. The number of amides is 1. The Morgan fingerprint density at radius 1 is 1.42 bits per heavy atom. The normalized spacial score (nSPS) is 30.5. The molecule has 1 aromatic rings. The minimum atomic E-state index is -3.36. The zero-order chi connectivity index (χ0) is 24.8. The van der Waals surface area contributed by atoms with Gasteiger partial charge in [-0.15, -0.1) is 0 Å². The van der Waals surface area contributed by atoms with E-state index in [9.17, 15) is 23.2 Å². The molecule has 7 nitrogen and oxygen atoms in total. The molecule has 0 N–H and O–H groups in total. The lowest BCUT2D eigenvalue weighted by Crippen LogP contribution is -2.53. The molecule has 1 amide bonds. The standard InChI is InChI=1S/C23H27F2N2O5P/c1-5-8-31-20(30)16-10-21(2)18(17(12-28)22(16,3)32-21)19(29)27(4)14-7-6-13(11-26)15(9-14)23(24,25)33/h6-7,9,12,16-18H,5,8,10,33H2,1-4H3/t16-,17?,18?,21-,22+/m0/s1. The van der Waals surface area contributed by atoms with Gasteiger partial charge in [0.2, 0.25) is 5.91 Å². The lowest BCUT2D eigenvalue weighted by atomic mass is 9.63. The summed E-state index contributed by atoms with van der Waals surface area (Å²) in [5.74, 6) is -3.51. The first-order valence-corrected chi connectivity index (χ1v) is 11.2. The van der Waals surface area contributed by atoms with Crippen LogP contribution in [-0.2, 0) is 29.5 Å². The molecule has 33 heavy (non-hydrogen) atoms. The number of benzene rings is 1. The van der Waals surface area contributed by atoms with Crippen molar-refractivity contribution >= 4 is 33.1 Å². The van der Waals surface area contributed by atoms with E-state index in [4.69, 9.17) is 14.7 Å². The molecule has 2 aliphatic rings. The van der Waals surface area contributed by atoms with Gasteiger partial charge in [-0.1, -0.05) is 16.2 Å². The fraction of sp³-hybridized carbons (Fsp3) is 0.565. The Balaban J connectivity index is 1.93. The summed E-state index contributed by atoms with van der Waals surface area (Å²) >= 11 is 0. The minimum absolute atomic E-state index is 0.149. The number of carbonyl (C=O) groups is 3. The third-order valence-corrected chi connectivity index (χ3v) is 7.09. The molecule has 0 saturated carbocycles. The molecule has 0 aromatic heterocycles. The van der Waals surface area contributed by atoms with Gasteiger partial charge in [-0.3, -0.25) is 9.59 Å². The summed E-state index contributed by atoms with van der Waals surface area (Å²) in [7, 11) is 2.80. The number of alkyl halides is 2. The summed E-state index contributed by atoms with van der Waals surface area (Å²) in [5, 5.41) is 9.15. The Morgan fingerprint density at radius 2 is 2.09 bits per heavy atom. The number of fused-ring (bicyclic) bond motifs is 2. The second-order valence-corrected chi connectivity index (χ2v) is 9.75. The van der Waals surface area contributed by atoms with Crippen molar-refractivity contribution in [1.29, 1.82) is 5.26 Å². The van der Waals surface area contributed by atoms with Gasteiger partial charge in [0.05, 0.1) is 47.2 Å². The number of nitrogens with zero attached hydrogens (tertiary/aromatic N) is 2. The van der Waals surface area contributed by atoms with Crippen LogP contribution in [0.15, 0.2) is 18.2 Å². The van der Waals surface area contributed by atoms with Gasteiger partial charge in [0.15, 0.2) is 0 Å². The monoisotopic (exact) mass is 480 g/mol. The summed E-state index contributed by atoms with van der Waals surface area (Å²) < 4.78 is 39.4. The van der Waals surface area contributed by atoms with Crippen LogP contribution in [0.4, 0.5) is 14.5 Å². The van der Waals surface area contributed by atoms with Crippen molar-refractivity contribution in [2.24, 2.45) is 17.8 Å². The maximum atomic E-state index is 14.0. The minimum Gasteiger partial charge on any atom is -0.465 e. The molecule has 2 aliphatic heterocycles. The maximum absolute atomic E-state index is 14.0. The van der Waals surface area contributed by atoms with E-state index in [0.717, 1.165) is 6.07 Å². The van der Waals surface area contributed by atoms with Crippen molar-refractivity contribution in [2.45, 2.75) is 50.5 Å². The highest BCUT2D eigenvalue weighted by Crippen LogP contribution is 2.60. The molecule has 1 aromatic carbocycles. The second-order valence-electron chi connectivity index (χ2n) is 9.02. The van der Waals surface area contributed by atoms with E-state index in [-0.39, 0.29) is 24.3 Å². The highest BCUT2D eigenvalue weighted by molar-refractivity contribution is 7.17. The van der Waals surface area contributed by atoms with Crippen LogP contribution in [0.25, 0.3) is 0 Å². The third kappa shape index (κ3) is 4.15. The van der Waals surface area contributed by atoms with Gasteiger partial charge in [-0.2, -0.15) is 14.0 Å². The molecule has 6 atom stereocenters. The van der Waals surface area contributed by atoms with E-state index in [2.05, 4.69) is 0 Å². The fourth-order valence-electron chi connectivity index (χ4n) is 5.12. The smallest absolute Gasteiger partial charge is 0.312 e. The third-order valence-electron chi connectivity index (χ3n) is 6.78. The van der Waals surface area contributed by atoms with Crippen molar-refractivity contribution in [1.82, 2.24) is 0 Å². The van der Waals surface area contributed by atoms with E-state index in [0.29, 0.717) is 12.7 Å². The number of halogens is 2. The van der Waals surface area contributed by atoms with Crippen LogP contribution in [0.5, 0.6) is 0 Å². The summed E-state index contributed by atoms with van der Waals surface area (Å²) in [6.45, 7) is 5.44. The van der Waals surface area contributed by atoms with Crippen molar-refractivity contribution in [3.8, 4) is 6.07 Å². The Hall–Kier alpha value is -2.43. The molecule has 10 heteroatoms. The fourth-order valence-corrected chi connectivity index (χ4v) is 5.36. The lowest BCUT2D eigenvalue weighted by molar-refractivity contribution is -0.156. The summed E-state index contributed by atoms with van der Waals surface area (Å²) in [5.41, 5.74) is -6.28. The van der Waals surface area contributed by atoms with Gasteiger partial charge in [-0.25, -0.2) is 0 Å². The van der Waals surface area contributed by atoms with Crippen LogP contribution in [0, 0.1) is 29.1 Å². The van der Waals surface area contributed by atoms with Gasteiger partial charge in [-0.05, 0) is 44.9 Å². The molecule has 2 bridgehead atoms. The van der Waals surface area contributed by atoms with Crippen LogP contribution in [0.3, 0.4) is 0 Å². The Labute approximate surface area is 193 Å². The number of hydrogen-bond acceptors (Lipinski definition) is 6. The number of esters is 1. The van der Waals surface area contributed by atoms with Crippen molar-refractivity contribution < 1.29 is 32.6 Å². The second kappa shape index (κ2) is 8.73. The molecule has 2 fully saturated rings. The number of anilines is 1. The van der Waals surface area contributed by atoms with Crippen LogP contribution >= 0.6 is 9.24 Å². The Kier molecular flexibility index (Phi) is 6.67. The van der Waals surface area contributed by atoms with Crippen molar-refractivity contribution in [2.75, 3.05) is 18.6 Å². The number of ether oxygens (including phenoxy) is 2. The maximum Gasteiger partial charge on any atom is 0.312 e. The molecule has 3 unspecified atom stereocenters. The molecule has 178 valence electrons. The van der Waals surface area contributed by atoms with Crippen LogP contribution in [0.1, 0.15) is 44.7 Å². The van der Waals surface area contributed by atoms with E-state index >= 15 is 0 Å². The predicted octanol–water partition coefficient (Wildman–Crippen LogP) is 3.40. The molecule has 0 aliphatic carbocycles. The average Bonchev–Trinajstić information content (AvgIpc) is 3.17. The molecular formula is C23H27F2N2O5P. The van der Waals surface area contributed by atoms with Crippen molar-refractivity contribution in [3.63, 3.8) is 0 Å². The summed E-state index contributed by atoms with van der Waals surface area (Å²) in [6, 6.07) is 5.43. The Bertz CT molecular complexity index is 1020. The number of rotatable bonds is 7. The first kappa shape index (κ1) is 25.2. The SMILES string of the molecule is CCCOC(=O)[C@@H]1C[C@]2(C)O[C@@]1(C)C(C=O)C2C(=O)N(C)c1ccc(C#N)c(C(F)(F)P)c1. The van der Waals surface area contributed by atoms with E-state index in [1.165, 1.54) is 33.3 Å². The highest BCUT2D eigenvalue weighted by Gasteiger charge is 2.71. The highest BCUT2D eigenvalue weighted by atomic mass is 31.0. The number of carbonyl (C=O) groups excluding carboxylic acids is 3. The van der Waals surface area contributed by atoms with E-state index < -0.39 is 52.1 Å². The molecule has 0 radical (unpaired) electrons. The van der Waals surface area contributed by atoms with Crippen LogP contribution in [0.2, 0.25) is 0 Å². The van der Waals surface area contributed by atoms with Crippen LogP contribution < -0.4 is 4.90 Å². The van der Waals surface area contributed by atoms with Gasteiger partial charge < -0.3 is 19.2 Å². The van der Waals surface area contributed by atoms with Gasteiger partial charge in [0.1, 0.15) is 6.29 Å². The van der Waals surface area contributed by atoms with Gasteiger partial charge in [0, 0.05) is 18.3 Å². The number of hydrogen-bond donors (Lipinski definition) is 0. The molecule has 0 spiro atoms. The van der Waals surface area contributed by atoms with Crippen LogP contribution in [-0.4, -0.2) is 43.0 Å². The number of aldehydes is 1. The predicted molar refractivity (Wildman–Crippen MR) is 118 cm³/mol. The van der Waals surface area contributed by atoms with E-state index in [1.54, 1.807) is 19.9 Å². The van der Waals surface area contributed by atoms with Gasteiger partial charge >= 0.3 is 5.97 Å². The first-order valence-electron chi connectivity index (χ1n) is 10.6. The Morgan fingerprint density at radius 3 is 2.64 bits per heavy atom. The largest absolute Gasteiger partial charge is 0.465 e. The average molecular weight is 480 g/mol. The molecular weight excluding hydrogens is 453 g/mol. The summed E-state index contributed by atoms with van der Waals surface area (Å²) in [6.07, 6.45) is 1.48. The topological polar surface area (TPSA) is 96.7 Å². The van der Waals surface area contributed by atoms with Crippen molar-refractivity contribution in [3.05, 3.63) is 29.3 Å². The van der Waals surface area contributed by atoms with E-state index in [1.807, 2.05) is 6.92 Å². The number of nitriles is 1. The molecule has 3 rings (SSSR count). The zero-order valence-corrected chi connectivity index (χ0v) is 20.1. The molecule has 2 saturated heterocycles. The lowest BCUT2D eigenvalue weighted by Gasteiger charge is -2.38. The van der Waals surface area contributed by atoms with Gasteiger partial charge in [0.25, 0.3) is 5.66 Å².